The van der Waals surface area contributed by atoms with Gasteiger partial charge in [-0.3, -0.25) is 9.59 Å². The van der Waals surface area contributed by atoms with Crippen LogP contribution in [0.1, 0.15) is 52.4 Å². The van der Waals surface area contributed by atoms with Crippen molar-refractivity contribution in [2.75, 3.05) is 0 Å². The van der Waals surface area contributed by atoms with Gasteiger partial charge in [0.1, 0.15) is 0 Å². The fourth-order valence-corrected chi connectivity index (χ4v) is 2.05. The Labute approximate surface area is 96.7 Å². The van der Waals surface area contributed by atoms with Crippen molar-refractivity contribution in [1.29, 1.82) is 0 Å². The lowest BCUT2D eigenvalue weighted by molar-refractivity contribution is -0.144. The molecule has 0 aliphatic rings. The summed E-state index contributed by atoms with van der Waals surface area (Å²) in [5.74, 6) is -2.02. The molecule has 0 spiro atoms. The van der Waals surface area contributed by atoms with Crippen molar-refractivity contribution >= 4 is 11.9 Å². The molecule has 0 rings (SSSR count). The van der Waals surface area contributed by atoms with E-state index >= 15 is 0 Å². The minimum atomic E-state index is -0.834. The minimum absolute atomic E-state index is 0.00449. The first kappa shape index (κ1) is 14.9. The maximum atomic E-state index is 11.0. The Morgan fingerprint density at radius 2 is 1.62 bits per heavy atom. The highest BCUT2D eigenvalue weighted by atomic mass is 16.4. The zero-order valence-corrected chi connectivity index (χ0v) is 10.1. The first-order chi connectivity index (χ1) is 7.51. The molecule has 0 saturated heterocycles. The third kappa shape index (κ3) is 6.43. The minimum Gasteiger partial charge on any atom is -0.481 e. The average molecular weight is 230 g/mol. The van der Waals surface area contributed by atoms with Gasteiger partial charge in [-0.05, 0) is 18.8 Å². The summed E-state index contributed by atoms with van der Waals surface area (Å²) in [7, 11) is 0. The lowest BCUT2D eigenvalue weighted by atomic mass is 9.86. The molecule has 4 nitrogen and oxygen atoms in total. The van der Waals surface area contributed by atoms with Gasteiger partial charge in [0.15, 0.2) is 0 Å². The largest absolute Gasteiger partial charge is 0.481 e. The van der Waals surface area contributed by atoms with Crippen LogP contribution in [0.2, 0.25) is 0 Å². The quantitative estimate of drug-likeness (QED) is 0.638. The van der Waals surface area contributed by atoms with Crippen LogP contribution in [0.5, 0.6) is 0 Å². The van der Waals surface area contributed by atoms with Crippen LogP contribution in [0.25, 0.3) is 0 Å². The summed E-state index contributed by atoms with van der Waals surface area (Å²) in [5, 5.41) is 17.8. The molecule has 4 heteroatoms. The monoisotopic (exact) mass is 230 g/mol. The Hall–Kier alpha value is -1.06. The lowest BCUT2D eigenvalue weighted by Crippen LogP contribution is -2.19. The SMILES string of the molecule is CCCC(CC(=O)O)CC(CCC)C(=O)O. The van der Waals surface area contributed by atoms with Gasteiger partial charge in [-0.15, -0.1) is 0 Å². The van der Waals surface area contributed by atoms with Crippen molar-refractivity contribution in [2.45, 2.75) is 52.4 Å². The number of rotatable bonds is 9. The zero-order chi connectivity index (χ0) is 12.6. The van der Waals surface area contributed by atoms with Gasteiger partial charge in [-0.25, -0.2) is 0 Å². The molecule has 16 heavy (non-hydrogen) atoms. The van der Waals surface area contributed by atoms with E-state index in [2.05, 4.69) is 0 Å². The maximum Gasteiger partial charge on any atom is 0.306 e. The van der Waals surface area contributed by atoms with Crippen LogP contribution in [-0.2, 0) is 9.59 Å². The van der Waals surface area contributed by atoms with Crippen LogP contribution in [-0.4, -0.2) is 22.2 Å². The van der Waals surface area contributed by atoms with E-state index in [0.29, 0.717) is 12.8 Å². The third-order valence-corrected chi connectivity index (χ3v) is 2.76. The van der Waals surface area contributed by atoms with Crippen LogP contribution >= 0.6 is 0 Å². The molecule has 94 valence electrons. The molecule has 2 unspecified atom stereocenters. The third-order valence-electron chi connectivity index (χ3n) is 2.76. The Morgan fingerprint density at radius 3 is 2.00 bits per heavy atom. The van der Waals surface area contributed by atoms with Crippen LogP contribution in [0.3, 0.4) is 0 Å². The topological polar surface area (TPSA) is 74.6 Å². The van der Waals surface area contributed by atoms with Crippen molar-refractivity contribution in [3.05, 3.63) is 0 Å². The van der Waals surface area contributed by atoms with Crippen molar-refractivity contribution < 1.29 is 19.8 Å². The van der Waals surface area contributed by atoms with E-state index < -0.39 is 11.9 Å². The van der Waals surface area contributed by atoms with Gasteiger partial charge in [-0.2, -0.15) is 0 Å². The summed E-state index contributed by atoms with van der Waals surface area (Å²) in [4.78, 5) is 21.6. The second-order valence-electron chi connectivity index (χ2n) is 4.31. The highest BCUT2D eigenvalue weighted by Gasteiger charge is 2.22. The number of carboxylic acid groups (broad SMARTS) is 2. The highest BCUT2D eigenvalue weighted by Crippen LogP contribution is 2.24. The van der Waals surface area contributed by atoms with Gasteiger partial charge < -0.3 is 10.2 Å². The first-order valence-electron chi connectivity index (χ1n) is 5.95. The molecule has 0 heterocycles. The molecule has 0 aromatic rings. The van der Waals surface area contributed by atoms with Crippen molar-refractivity contribution in [2.24, 2.45) is 11.8 Å². The number of carboxylic acids is 2. The van der Waals surface area contributed by atoms with E-state index in [-0.39, 0.29) is 18.3 Å². The predicted molar refractivity (Wildman–Crippen MR) is 61.3 cm³/mol. The standard InChI is InChI=1S/C12H22O4/c1-3-5-9(8-11(13)14)7-10(6-4-2)12(15)16/h9-10H,3-8H2,1-2H3,(H,13,14)(H,15,16). The van der Waals surface area contributed by atoms with Gasteiger partial charge >= 0.3 is 11.9 Å². The molecule has 2 atom stereocenters. The van der Waals surface area contributed by atoms with Gasteiger partial charge in [0.05, 0.1) is 5.92 Å². The van der Waals surface area contributed by atoms with Crippen LogP contribution < -0.4 is 0 Å². The molecule has 0 amide bonds. The molecule has 0 fully saturated rings. The highest BCUT2D eigenvalue weighted by molar-refractivity contribution is 5.70. The molecular weight excluding hydrogens is 208 g/mol. The molecule has 0 radical (unpaired) electrons. The van der Waals surface area contributed by atoms with E-state index in [1.807, 2.05) is 13.8 Å². The first-order valence-corrected chi connectivity index (χ1v) is 5.95. The Bertz CT molecular complexity index is 225. The number of hydrogen-bond donors (Lipinski definition) is 2. The number of carbonyl (C=O) groups is 2. The summed E-state index contributed by atoms with van der Waals surface area (Å²) in [6, 6.07) is 0. The maximum absolute atomic E-state index is 11.0. The van der Waals surface area contributed by atoms with Crippen LogP contribution in [0, 0.1) is 11.8 Å². The molecule has 0 aromatic carbocycles. The Balaban J connectivity index is 4.31. The van der Waals surface area contributed by atoms with E-state index in [1.54, 1.807) is 0 Å². The number of aliphatic carboxylic acids is 2. The molecule has 0 aromatic heterocycles. The molecule has 0 aliphatic heterocycles. The van der Waals surface area contributed by atoms with Gasteiger partial charge in [0, 0.05) is 6.42 Å². The fraction of sp³-hybridized carbons (Fsp3) is 0.833. The van der Waals surface area contributed by atoms with Gasteiger partial charge in [-0.1, -0.05) is 33.1 Å². The Kier molecular flexibility index (Phi) is 7.60. The molecule has 0 aliphatic carbocycles. The van der Waals surface area contributed by atoms with Gasteiger partial charge in [0.25, 0.3) is 0 Å². The Morgan fingerprint density at radius 1 is 1.06 bits per heavy atom. The molecule has 0 saturated carbocycles. The van der Waals surface area contributed by atoms with E-state index in [9.17, 15) is 9.59 Å². The fourth-order valence-electron chi connectivity index (χ4n) is 2.05. The summed E-state index contributed by atoms with van der Waals surface area (Å²) in [6.07, 6.45) is 3.72. The molecule has 2 N–H and O–H groups in total. The number of hydrogen-bond acceptors (Lipinski definition) is 2. The summed E-state index contributed by atoms with van der Waals surface area (Å²) in [6.45, 7) is 3.94. The molecule has 0 bridgehead atoms. The van der Waals surface area contributed by atoms with Crippen LogP contribution in [0.15, 0.2) is 0 Å². The average Bonchev–Trinajstić information content (AvgIpc) is 2.16. The van der Waals surface area contributed by atoms with Gasteiger partial charge in [0.2, 0.25) is 0 Å². The van der Waals surface area contributed by atoms with E-state index in [1.165, 1.54) is 0 Å². The zero-order valence-electron chi connectivity index (χ0n) is 10.1. The second-order valence-corrected chi connectivity index (χ2v) is 4.31. The smallest absolute Gasteiger partial charge is 0.306 e. The normalized spacial score (nSPS) is 14.4. The summed E-state index contributed by atoms with van der Waals surface area (Å²) < 4.78 is 0. The van der Waals surface area contributed by atoms with Crippen molar-refractivity contribution in [3.63, 3.8) is 0 Å². The van der Waals surface area contributed by atoms with Crippen molar-refractivity contribution in [3.8, 4) is 0 Å². The van der Waals surface area contributed by atoms with Crippen LogP contribution in [0.4, 0.5) is 0 Å². The van der Waals surface area contributed by atoms with Crippen molar-refractivity contribution in [1.82, 2.24) is 0 Å². The predicted octanol–water partition coefficient (Wildman–Crippen LogP) is 2.77. The lowest BCUT2D eigenvalue weighted by Gasteiger charge is -2.18. The summed E-state index contributed by atoms with van der Waals surface area (Å²) >= 11 is 0. The van der Waals surface area contributed by atoms with E-state index in [0.717, 1.165) is 19.3 Å². The molecular formula is C12H22O4. The summed E-state index contributed by atoms with van der Waals surface area (Å²) in [5.41, 5.74) is 0. The van der Waals surface area contributed by atoms with E-state index in [4.69, 9.17) is 10.2 Å². The second kappa shape index (κ2) is 8.13.